The monoisotopic (exact) mass is 349 g/mol. The summed E-state index contributed by atoms with van der Waals surface area (Å²) < 4.78 is 10.4. The Bertz CT molecular complexity index is 586. The molecule has 0 heterocycles. The number of nitrogens with one attached hydrogen (secondary N) is 3. The van der Waals surface area contributed by atoms with Gasteiger partial charge in [0.05, 0.1) is 20.8 Å². The highest BCUT2D eigenvalue weighted by Crippen LogP contribution is 2.27. The van der Waals surface area contributed by atoms with Crippen LogP contribution in [-0.2, 0) is 11.3 Å². The maximum absolute atomic E-state index is 11.9. The molecule has 0 aliphatic heterocycles. The Kier molecular flexibility index (Phi) is 7.37. The van der Waals surface area contributed by atoms with E-state index in [2.05, 4.69) is 16.0 Å². The molecular formula is C18H27N3O4. The summed E-state index contributed by atoms with van der Waals surface area (Å²) in [4.78, 5) is 23.7. The number of amides is 3. The molecule has 7 heteroatoms. The van der Waals surface area contributed by atoms with Crippen LogP contribution in [0.25, 0.3) is 0 Å². The van der Waals surface area contributed by atoms with Gasteiger partial charge in [-0.25, -0.2) is 4.79 Å². The third-order valence-corrected chi connectivity index (χ3v) is 4.29. The summed E-state index contributed by atoms with van der Waals surface area (Å²) in [6.07, 6.45) is 5.56. The molecule has 0 saturated heterocycles. The fraction of sp³-hybridized carbons (Fsp3) is 0.556. The van der Waals surface area contributed by atoms with E-state index in [1.165, 1.54) is 6.42 Å². The predicted octanol–water partition coefficient (Wildman–Crippen LogP) is 1.95. The van der Waals surface area contributed by atoms with Gasteiger partial charge in [-0.3, -0.25) is 4.79 Å². The number of methoxy groups -OCH3 is 2. The van der Waals surface area contributed by atoms with Crippen molar-refractivity contribution in [1.29, 1.82) is 0 Å². The standard InChI is InChI=1S/C18H27N3O4/c1-24-15-9-8-13(10-16(15)25-2)11-19-17(22)12-20-18(23)21-14-6-4-3-5-7-14/h8-10,14H,3-7,11-12H2,1-2H3,(H,19,22)(H2,20,21,23). The van der Waals surface area contributed by atoms with Gasteiger partial charge in [-0.05, 0) is 30.5 Å². The number of ether oxygens (including phenoxy) is 2. The topological polar surface area (TPSA) is 88.7 Å². The van der Waals surface area contributed by atoms with Crippen LogP contribution in [0.1, 0.15) is 37.7 Å². The van der Waals surface area contributed by atoms with Crippen molar-refractivity contribution in [3.05, 3.63) is 23.8 Å². The molecule has 0 unspecified atom stereocenters. The lowest BCUT2D eigenvalue weighted by molar-refractivity contribution is -0.120. The first-order chi connectivity index (χ1) is 12.1. The molecule has 138 valence electrons. The minimum Gasteiger partial charge on any atom is -0.493 e. The fourth-order valence-corrected chi connectivity index (χ4v) is 2.90. The van der Waals surface area contributed by atoms with E-state index in [9.17, 15) is 9.59 Å². The Labute approximate surface area is 148 Å². The molecule has 2 rings (SSSR count). The molecule has 0 spiro atoms. The second kappa shape index (κ2) is 9.76. The van der Waals surface area contributed by atoms with Crippen molar-refractivity contribution in [2.75, 3.05) is 20.8 Å². The molecule has 1 aromatic rings. The molecule has 1 aromatic carbocycles. The van der Waals surface area contributed by atoms with Crippen LogP contribution in [0.15, 0.2) is 18.2 Å². The minimum atomic E-state index is -0.284. The number of carbonyl (C=O) groups is 2. The molecular weight excluding hydrogens is 322 g/mol. The van der Waals surface area contributed by atoms with E-state index >= 15 is 0 Å². The first-order valence-corrected chi connectivity index (χ1v) is 8.64. The number of hydrogen-bond donors (Lipinski definition) is 3. The van der Waals surface area contributed by atoms with Gasteiger partial charge < -0.3 is 25.4 Å². The summed E-state index contributed by atoms with van der Waals surface area (Å²) in [5.41, 5.74) is 0.887. The van der Waals surface area contributed by atoms with Gasteiger partial charge in [-0.1, -0.05) is 25.3 Å². The summed E-state index contributed by atoms with van der Waals surface area (Å²) >= 11 is 0. The zero-order valence-electron chi connectivity index (χ0n) is 14.9. The van der Waals surface area contributed by atoms with Crippen LogP contribution >= 0.6 is 0 Å². The van der Waals surface area contributed by atoms with Crippen molar-refractivity contribution in [2.24, 2.45) is 0 Å². The van der Waals surface area contributed by atoms with Crippen LogP contribution in [0, 0.1) is 0 Å². The molecule has 0 atom stereocenters. The van der Waals surface area contributed by atoms with Gasteiger partial charge in [0, 0.05) is 12.6 Å². The Morgan fingerprint density at radius 3 is 2.44 bits per heavy atom. The van der Waals surface area contributed by atoms with Gasteiger partial charge in [-0.2, -0.15) is 0 Å². The van der Waals surface area contributed by atoms with Crippen LogP contribution in [0.3, 0.4) is 0 Å². The number of urea groups is 1. The number of carbonyl (C=O) groups excluding carboxylic acids is 2. The molecule has 0 radical (unpaired) electrons. The van der Waals surface area contributed by atoms with E-state index < -0.39 is 0 Å². The highest BCUT2D eigenvalue weighted by molar-refractivity contribution is 5.83. The van der Waals surface area contributed by atoms with E-state index in [0.717, 1.165) is 31.2 Å². The molecule has 25 heavy (non-hydrogen) atoms. The molecule has 1 fully saturated rings. The SMILES string of the molecule is COc1ccc(CNC(=O)CNC(=O)NC2CCCCC2)cc1OC. The van der Waals surface area contributed by atoms with Gasteiger partial charge in [0.25, 0.3) is 0 Å². The van der Waals surface area contributed by atoms with Gasteiger partial charge in [-0.15, -0.1) is 0 Å². The third-order valence-electron chi connectivity index (χ3n) is 4.29. The zero-order valence-corrected chi connectivity index (χ0v) is 14.9. The fourth-order valence-electron chi connectivity index (χ4n) is 2.90. The van der Waals surface area contributed by atoms with Crippen molar-refractivity contribution in [3.8, 4) is 11.5 Å². The molecule has 7 nitrogen and oxygen atoms in total. The smallest absolute Gasteiger partial charge is 0.315 e. The average Bonchev–Trinajstić information content (AvgIpc) is 2.65. The van der Waals surface area contributed by atoms with Crippen molar-refractivity contribution in [1.82, 2.24) is 16.0 Å². The van der Waals surface area contributed by atoms with Crippen LogP contribution in [0.4, 0.5) is 4.79 Å². The maximum Gasteiger partial charge on any atom is 0.315 e. The Hall–Kier alpha value is -2.44. The van der Waals surface area contributed by atoms with E-state index in [1.54, 1.807) is 20.3 Å². The number of hydrogen-bond acceptors (Lipinski definition) is 4. The second-order valence-corrected chi connectivity index (χ2v) is 6.13. The lowest BCUT2D eigenvalue weighted by Crippen LogP contribution is -2.46. The summed E-state index contributed by atoms with van der Waals surface area (Å²) in [5.74, 6) is 1.01. The highest BCUT2D eigenvalue weighted by Gasteiger charge is 2.15. The Morgan fingerprint density at radius 1 is 1.04 bits per heavy atom. The zero-order chi connectivity index (χ0) is 18.1. The van der Waals surface area contributed by atoms with E-state index in [4.69, 9.17) is 9.47 Å². The Balaban J connectivity index is 1.70. The summed E-state index contributed by atoms with van der Waals surface area (Å²) in [6.45, 7) is 0.303. The maximum atomic E-state index is 11.9. The summed E-state index contributed by atoms with van der Waals surface area (Å²) in [5, 5.41) is 8.28. The van der Waals surface area contributed by atoms with Gasteiger partial charge >= 0.3 is 6.03 Å². The van der Waals surface area contributed by atoms with Crippen molar-refractivity contribution >= 4 is 11.9 Å². The van der Waals surface area contributed by atoms with E-state index in [-0.39, 0.29) is 24.5 Å². The molecule has 1 aliphatic rings. The summed E-state index contributed by atoms with van der Waals surface area (Å²) in [7, 11) is 3.14. The number of rotatable bonds is 7. The quantitative estimate of drug-likeness (QED) is 0.702. The van der Waals surface area contributed by atoms with Gasteiger partial charge in [0.1, 0.15) is 0 Å². The van der Waals surface area contributed by atoms with Crippen LogP contribution in [-0.4, -0.2) is 38.7 Å². The van der Waals surface area contributed by atoms with Crippen LogP contribution in [0.5, 0.6) is 11.5 Å². The molecule has 3 amide bonds. The molecule has 3 N–H and O–H groups in total. The second-order valence-electron chi connectivity index (χ2n) is 6.13. The van der Waals surface area contributed by atoms with Crippen molar-refractivity contribution in [2.45, 2.75) is 44.7 Å². The van der Waals surface area contributed by atoms with Crippen molar-refractivity contribution < 1.29 is 19.1 Å². The predicted molar refractivity (Wildman–Crippen MR) is 94.8 cm³/mol. The Morgan fingerprint density at radius 2 is 1.76 bits per heavy atom. The third kappa shape index (κ3) is 6.17. The highest BCUT2D eigenvalue weighted by atomic mass is 16.5. The average molecular weight is 349 g/mol. The molecule has 0 bridgehead atoms. The first kappa shape index (κ1) is 18.9. The van der Waals surface area contributed by atoms with Crippen molar-refractivity contribution in [3.63, 3.8) is 0 Å². The molecule has 1 saturated carbocycles. The molecule has 1 aliphatic carbocycles. The summed E-state index contributed by atoms with van der Waals surface area (Å²) in [6, 6.07) is 5.39. The normalized spacial score (nSPS) is 14.5. The van der Waals surface area contributed by atoms with E-state index in [1.807, 2.05) is 12.1 Å². The minimum absolute atomic E-state index is 0.0498. The van der Waals surface area contributed by atoms with Crippen LogP contribution in [0.2, 0.25) is 0 Å². The van der Waals surface area contributed by atoms with E-state index in [0.29, 0.717) is 18.0 Å². The van der Waals surface area contributed by atoms with Crippen LogP contribution < -0.4 is 25.4 Å². The number of benzene rings is 1. The largest absolute Gasteiger partial charge is 0.493 e. The molecule has 0 aromatic heterocycles. The van der Waals surface area contributed by atoms with Gasteiger partial charge in [0.15, 0.2) is 11.5 Å². The lowest BCUT2D eigenvalue weighted by Gasteiger charge is -2.22. The first-order valence-electron chi connectivity index (χ1n) is 8.64. The lowest BCUT2D eigenvalue weighted by atomic mass is 9.96. The van der Waals surface area contributed by atoms with Gasteiger partial charge in [0.2, 0.25) is 5.91 Å².